The third-order valence-electron chi connectivity index (χ3n) is 2.32. The zero-order chi connectivity index (χ0) is 11.8. The zero-order valence-corrected chi connectivity index (χ0v) is 10.1. The van der Waals surface area contributed by atoms with Crippen molar-refractivity contribution >= 4 is 27.9 Å². The Morgan fingerprint density at radius 1 is 1.50 bits per heavy atom. The van der Waals surface area contributed by atoms with Gasteiger partial charge in [0.1, 0.15) is 4.90 Å². The van der Waals surface area contributed by atoms with Gasteiger partial charge in [-0.3, -0.25) is 0 Å². The van der Waals surface area contributed by atoms with E-state index in [9.17, 15) is 13.2 Å². The highest BCUT2D eigenvalue weighted by Crippen LogP contribution is 2.41. The molecule has 1 aromatic carbocycles. The first-order chi connectivity index (χ1) is 7.54. The highest BCUT2D eigenvalue weighted by molar-refractivity contribution is 8.01. The van der Waals surface area contributed by atoms with Crippen molar-refractivity contribution in [2.75, 3.05) is 0 Å². The van der Waals surface area contributed by atoms with Crippen LogP contribution in [0.1, 0.15) is 12.5 Å². The summed E-state index contributed by atoms with van der Waals surface area (Å²) in [5.41, 5.74) is 1.000. The normalized spacial score (nSPS) is 18.9. The smallest absolute Gasteiger partial charge is 0.210 e. The molecule has 0 aliphatic carbocycles. The third kappa shape index (κ3) is 1.91. The lowest BCUT2D eigenvalue weighted by Gasteiger charge is -2.03. The van der Waals surface area contributed by atoms with E-state index in [0.29, 0.717) is 10.1 Å². The van der Waals surface area contributed by atoms with Gasteiger partial charge in [-0.15, -0.1) is 11.8 Å². The molecule has 6 heteroatoms. The van der Waals surface area contributed by atoms with E-state index in [4.69, 9.17) is 0 Å². The molecule has 84 valence electrons. The van der Waals surface area contributed by atoms with Crippen LogP contribution >= 0.6 is 11.8 Å². The molecule has 1 aliphatic rings. The Kier molecular flexibility index (Phi) is 2.88. The van der Waals surface area contributed by atoms with Crippen LogP contribution in [0.4, 0.5) is 0 Å². The van der Waals surface area contributed by atoms with Crippen molar-refractivity contribution in [1.29, 1.82) is 0 Å². The molecular formula is C10H9NO3S2. The molecule has 0 bridgehead atoms. The first-order valence-electron chi connectivity index (χ1n) is 4.67. The van der Waals surface area contributed by atoms with Gasteiger partial charge in [0.25, 0.3) is 16.1 Å². The number of hydrogen-bond donors (Lipinski definition) is 0. The topological polar surface area (TPSA) is 63.6 Å². The Morgan fingerprint density at radius 2 is 2.25 bits per heavy atom. The quantitative estimate of drug-likeness (QED) is 0.596. The summed E-state index contributed by atoms with van der Waals surface area (Å²) < 4.78 is 26.2. The van der Waals surface area contributed by atoms with Gasteiger partial charge in [-0.1, -0.05) is 23.5 Å². The first kappa shape index (κ1) is 11.4. The third-order valence-corrected chi connectivity index (χ3v) is 4.95. The van der Waals surface area contributed by atoms with Gasteiger partial charge in [0.05, 0.1) is 0 Å². The molecule has 2 rings (SSSR count). The second-order valence-corrected chi connectivity index (χ2v) is 6.56. The lowest BCUT2D eigenvalue weighted by atomic mass is 10.1. The number of benzene rings is 1. The molecule has 16 heavy (non-hydrogen) atoms. The van der Waals surface area contributed by atoms with E-state index in [1.807, 2.05) is 13.0 Å². The molecule has 0 amide bonds. The van der Waals surface area contributed by atoms with Gasteiger partial charge in [0.2, 0.25) is 0 Å². The number of thioether (sulfide) groups is 1. The molecule has 0 spiro atoms. The molecule has 0 aromatic heterocycles. The average Bonchev–Trinajstić information content (AvgIpc) is 2.56. The van der Waals surface area contributed by atoms with E-state index in [2.05, 4.69) is 4.40 Å². The zero-order valence-electron chi connectivity index (χ0n) is 8.50. The highest BCUT2D eigenvalue weighted by Gasteiger charge is 2.26. The minimum absolute atomic E-state index is 0.114. The molecule has 0 radical (unpaired) electrons. The van der Waals surface area contributed by atoms with Gasteiger partial charge in [-0.25, -0.2) is 4.79 Å². The number of sulfonamides is 1. The van der Waals surface area contributed by atoms with Crippen LogP contribution in [0.15, 0.2) is 32.4 Å². The van der Waals surface area contributed by atoms with Crippen LogP contribution in [0.25, 0.3) is 0 Å². The molecule has 1 unspecified atom stereocenters. The van der Waals surface area contributed by atoms with Gasteiger partial charge in [0, 0.05) is 10.1 Å². The van der Waals surface area contributed by atoms with Gasteiger partial charge >= 0.3 is 0 Å². The number of rotatable bonds is 2. The minimum atomic E-state index is -3.88. The van der Waals surface area contributed by atoms with Crippen LogP contribution in [0.5, 0.6) is 0 Å². The monoisotopic (exact) mass is 255 g/mol. The van der Waals surface area contributed by atoms with Gasteiger partial charge in [-0.2, -0.15) is 8.42 Å². The van der Waals surface area contributed by atoms with E-state index in [1.165, 1.54) is 17.8 Å². The average molecular weight is 255 g/mol. The summed E-state index contributed by atoms with van der Waals surface area (Å²) in [6.45, 7) is 2.03. The van der Waals surface area contributed by atoms with Crippen molar-refractivity contribution in [1.82, 2.24) is 0 Å². The number of nitrogens with zero attached hydrogens (tertiary/aromatic N) is 1. The molecule has 0 N–H and O–H groups in total. The predicted octanol–water partition coefficient (Wildman–Crippen LogP) is 1.75. The molecule has 0 saturated heterocycles. The highest BCUT2D eigenvalue weighted by atomic mass is 32.2. The second-order valence-electron chi connectivity index (χ2n) is 3.53. The molecule has 0 saturated carbocycles. The molecule has 1 heterocycles. The Bertz CT molecular complexity index is 574. The Morgan fingerprint density at radius 3 is 2.94 bits per heavy atom. The number of isocyanates is 1. The molecule has 4 nitrogen and oxygen atoms in total. The summed E-state index contributed by atoms with van der Waals surface area (Å²) in [7, 11) is -3.88. The predicted molar refractivity (Wildman–Crippen MR) is 60.8 cm³/mol. The SMILES string of the molecule is CC1Cc2cccc(S(=O)(=O)N=C=O)c2S1. The number of carbonyl (C=O) groups excluding carboxylic acids is 1. The van der Waals surface area contributed by atoms with Gasteiger partial charge < -0.3 is 0 Å². The van der Waals surface area contributed by atoms with E-state index < -0.39 is 10.0 Å². The van der Waals surface area contributed by atoms with Crippen molar-refractivity contribution in [2.24, 2.45) is 4.40 Å². The molecule has 0 fully saturated rings. The van der Waals surface area contributed by atoms with E-state index in [1.54, 1.807) is 6.07 Å². The summed E-state index contributed by atoms with van der Waals surface area (Å²) in [5.74, 6) is 0. The summed E-state index contributed by atoms with van der Waals surface area (Å²) in [5, 5.41) is 0.353. The maximum atomic E-state index is 11.7. The fourth-order valence-corrected chi connectivity index (χ4v) is 4.13. The van der Waals surface area contributed by atoms with Crippen molar-refractivity contribution in [2.45, 2.75) is 28.4 Å². The lowest BCUT2D eigenvalue weighted by molar-refractivity contribution is 0.563. The van der Waals surface area contributed by atoms with Gasteiger partial charge in [-0.05, 0) is 18.1 Å². The minimum Gasteiger partial charge on any atom is -0.210 e. The summed E-state index contributed by atoms with van der Waals surface area (Å²) in [6, 6.07) is 5.04. The van der Waals surface area contributed by atoms with E-state index in [-0.39, 0.29) is 4.90 Å². The van der Waals surface area contributed by atoms with E-state index in [0.717, 1.165) is 18.1 Å². The van der Waals surface area contributed by atoms with Crippen LogP contribution in [-0.4, -0.2) is 19.7 Å². The fourth-order valence-electron chi connectivity index (χ4n) is 1.71. The first-order valence-corrected chi connectivity index (χ1v) is 6.99. The van der Waals surface area contributed by atoms with Crippen LogP contribution in [-0.2, 0) is 21.2 Å². The molecule has 1 aromatic rings. The Balaban J connectivity index is 2.61. The summed E-state index contributed by atoms with van der Waals surface area (Å²) in [6.07, 6.45) is 1.93. The largest absolute Gasteiger partial charge is 0.293 e. The van der Waals surface area contributed by atoms with Crippen molar-refractivity contribution in [3.05, 3.63) is 23.8 Å². The maximum Gasteiger partial charge on any atom is 0.293 e. The fraction of sp³-hybridized carbons (Fsp3) is 0.300. The Hall–Kier alpha value is -1.10. The summed E-state index contributed by atoms with van der Waals surface area (Å²) in [4.78, 5) is 10.9. The standard InChI is InChI=1S/C10H9NO3S2/c1-7-5-8-3-2-4-9(10(8)15-7)16(13,14)11-6-12/h2-4,7H,5H2,1H3. The van der Waals surface area contributed by atoms with Crippen LogP contribution in [0.3, 0.4) is 0 Å². The molecule has 1 atom stereocenters. The lowest BCUT2D eigenvalue weighted by Crippen LogP contribution is -1.98. The second kappa shape index (κ2) is 4.05. The van der Waals surface area contributed by atoms with Crippen molar-refractivity contribution in [3.8, 4) is 0 Å². The summed E-state index contributed by atoms with van der Waals surface area (Å²) >= 11 is 1.50. The maximum absolute atomic E-state index is 11.7. The van der Waals surface area contributed by atoms with Gasteiger partial charge in [0.15, 0.2) is 0 Å². The van der Waals surface area contributed by atoms with Crippen LogP contribution < -0.4 is 0 Å². The van der Waals surface area contributed by atoms with Crippen molar-refractivity contribution < 1.29 is 13.2 Å². The number of hydrogen-bond acceptors (Lipinski definition) is 4. The van der Waals surface area contributed by atoms with Crippen molar-refractivity contribution in [3.63, 3.8) is 0 Å². The van der Waals surface area contributed by atoms with Crippen LogP contribution in [0, 0.1) is 0 Å². The molecule has 1 aliphatic heterocycles. The Labute approximate surface area is 97.8 Å². The molecular weight excluding hydrogens is 246 g/mol. The van der Waals surface area contributed by atoms with Crippen LogP contribution in [0.2, 0.25) is 0 Å². The van der Waals surface area contributed by atoms with E-state index >= 15 is 0 Å². The number of fused-ring (bicyclic) bond motifs is 1.